The molecule has 0 unspecified atom stereocenters. The lowest BCUT2D eigenvalue weighted by molar-refractivity contribution is -0.132. The van der Waals surface area contributed by atoms with Gasteiger partial charge in [-0.1, -0.05) is 67.1 Å². The largest absolute Gasteiger partial charge is 0.445 e. The average Bonchev–Trinajstić information content (AvgIpc) is 2.81. The van der Waals surface area contributed by atoms with Crippen LogP contribution in [0.15, 0.2) is 60.7 Å². The second-order valence-corrected chi connectivity index (χ2v) is 7.86. The van der Waals surface area contributed by atoms with Gasteiger partial charge in [0.2, 0.25) is 5.91 Å². The van der Waals surface area contributed by atoms with E-state index in [1.807, 2.05) is 41.3 Å². The molecule has 2 aromatic rings. The van der Waals surface area contributed by atoms with E-state index in [1.165, 1.54) is 5.56 Å². The number of rotatable bonds is 9. The maximum absolute atomic E-state index is 12.4. The third-order valence-corrected chi connectivity index (χ3v) is 5.67. The molecule has 5 heteroatoms. The fourth-order valence-corrected chi connectivity index (χ4v) is 3.89. The van der Waals surface area contributed by atoms with Crippen molar-refractivity contribution < 1.29 is 14.3 Å². The Morgan fingerprint density at radius 3 is 2.27 bits per heavy atom. The summed E-state index contributed by atoms with van der Waals surface area (Å²) in [6.45, 7) is 2.56. The third kappa shape index (κ3) is 7.21. The number of likely N-dealkylation sites (tertiary alicyclic amines) is 1. The Hall–Kier alpha value is -2.82. The number of benzene rings is 2. The van der Waals surface area contributed by atoms with E-state index < -0.39 is 6.09 Å². The number of carbonyl (C=O) groups excluding carboxylic acids is 2. The smallest absolute Gasteiger partial charge is 0.407 e. The maximum Gasteiger partial charge on any atom is 0.407 e. The van der Waals surface area contributed by atoms with Crippen LogP contribution in [0, 0.1) is 0 Å². The van der Waals surface area contributed by atoms with E-state index in [-0.39, 0.29) is 12.5 Å². The first-order chi connectivity index (χ1) is 14.7. The fourth-order valence-electron chi connectivity index (χ4n) is 3.89. The number of nitrogens with zero attached hydrogens (tertiary/aromatic N) is 1. The van der Waals surface area contributed by atoms with Gasteiger partial charge in [-0.05, 0) is 42.7 Å². The topological polar surface area (TPSA) is 58.6 Å². The summed E-state index contributed by atoms with van der Waals surface area (Å²) in [6.07, 6.45) is 4.92. The molecule has 30 heavy (non-hydrogen) atoms. The molecule has 0 atom stereocenters. The van der Waals surface area contributed by atoms with Gasteiger partial charge in [0.25, 0.3) is 0 Å². The zero-order chi connectivity index (χ0) is 21.0. The van der Waals surface area contributed by atoms with E-state index in [9.17, 15) is 9.59 Å². The van der Waals surface area contributed by atoms with Crippen molar-refractivity contribution in [3.63, 3.8) is 0 Å². The number of amides is 2. The Labute approximate surface area is 179 Å². The van der Waals surface area contributed by atoms with Gasteiger partial charge in [0, 0.05) is 26.1 Å². The quantitative estimate of drug-likeness (QED) is 0.602. The van der Waals surface area contributed by atoms with Crippen molar-refractivity contribution in [1.82, 2.24) is 10.2 Å². The van der Waals surface area contributed by atoms with E-state index in [1.54, 1.807) is 0 Å². The van der Waals surface area contributed by atoms with Crippen LogP contribution in [0.25, 0.3) is 0 Å². The molecule has 1 saturated heterocycles. The average molecular weight is 409 g/mol. The summed E-state index contributed by atoms with van der Waals surface area (Å²) in [5.74, 6) is 0.833. The standard InChI is InChI=1S/C25H32N2O3/c28-24(27-18-15-23(16-19-27)22-12-6-2-7-13-22)14-8-3-9-17-26-25(29)30-20-21-10-4-1-5-11-21/h1-2,4-7,10-13,23H,3,8-9,14-20H2,(H,26,29). The number of nitrogens with one attached hydrogen (secondary N) is 1. The lowest BCUT2D eigenvalue weighted by atomic mass is 9.89. The molecular formula is C25H32N2O3. The van der Waals surface area contributed by atoms with Gasteiger partial charge >= 0.3 is 6.09 Å². The molecule has 1 aliphatic rings. The van der Waals surface area contributed by atoms with E-state index in [0.717, 1.165) is 50.8 Å². The lowest BCUT2D eigenvalue weighted by Crippen LogP contribution is -2.37. The molecule has 0 bridgehead atoms. The number of alkyl carbamates (subject to hydrolysis) is 1. The number of unbranched alkanes of at least 4 members (excludes halogenated alkanes) is 2. The van der Waals surface area contributed by atoms with Gasteiger partial charge in [-0.3, -0.25) is 4.79 Å². The van der Waals surface area contributed by atoms with Crippen LogP contribution in [0.4, 0.5) is 4.79 Å². The molecule has 3 rings (SSSR count). The molecule has 1 N–H and O–H groups in total. The Morgan fingerprint density at radius 2 is 1.57 bits per heavy atom. The van der Waals surface area contributed by atoms with Gasteiger partial charge in [-0.2, -0.15) is 0 Å². The number of hydrogen-bond acceptors (Lipinski definition) is 3. The molecule has 5 nitrogen and oxygen atoms in total. The molecule has 0 aliphatic carbocycles. The van der Waals surface area contributed by atoms with Crippen molar-refractivity contribution in [3.05, 3.63) is 71.8 Å². The summed E-state index contributed by atoms with van der Waals surface area (Å²) < 4.78 is 5.18. The highest BCUT2D eigenvalue weighted by Crippen LogP contribution is 2.28. The fraction of sp³-hybridized carbons (Fsp3) is 0.440. The maximum atomic E-state index is 12.4. The second kappa shape index (κ2) is 12.0. The van der Waals surface area contributed by atoms with Crippen LogP contribution in [0.2, 0.25) is 0 Å². The number of carbonyl (C=O) groups is 2. The molecule has 1 fully saturated rings. The van der Waals surface area contributed by atoms with Crippen LogP contribution in [-0.4, -0.2) is 36.5 Å². The molecule has 2 aromatic carbocycles. The summed E-state index contributed by atoms with van der Waals surface area (Å²) >= 11 is 0. The predicted octanol–water partition coefficient (Wildman–Crippen LogP) is 4.88. The molecule has 1 aliphatic heterocycles. The highest BCUT2D eigenvalue weighted by Gasteiger charge is 2.23. The minimum atomic E-state index is -0.392. The molecule has 0 saturated carbocycles. The van der Waals surface area contributed by atoms with Crippen molar-refractivity contribution in [2.45, 2.75) is 51.0 Å². The minimum Gasteiger partial charge on any atom is -0.445 e. The molecule has 2 amide bonds. The van der Waals surface area contributed by atoms with E-state index >= 15 is 0 Å². The molecule has 0 radical (unpaired) electrons. The highest BCUT2D eigenvalue weighted by molar-refractivity contribution is 5.76. The van der Waals surface area contributed by atoms with E-state index in [0.29, 0.717) is 18.9 Å². The second-order valence-electron chi connectivity index (χ2n) is 7.86. The van der Waals surface area contributed by atoms with Crippen LogP contribution in [0.1, 0.15) is 55.6 Å². The van der Waals surface area contributed by atoms with Gasteiger partial charge in [-0.15, -0.1) is 0 Å². The van der Waals surface area contributed by atoms with E-state index in [2.05, 4.69) is 29.6 Å². The van der Waals surface area contributed by atoms with Crippen molar-refractivity contribution in [1.29, 1.82) is 0 Å². The summed E-state index contributed by atoms with van der Waals surface area (Å²) in [5.41, 5.74) is 2.36. The van der Waals surface area contributed by atoms with Crippen LogP contribution in [-0.2, 0) is 16.1 Å². The predicted molar refractivity (Wildman–Crippen MR) is 118 cm³/mol. The number of piperidine rings is 1. The first kappa shape index (κ1) is 21.9. The van der Waals surface area contributed by atoms with Gasteiger partial charge in [0.15, 0.2) is 0 Å². The first-order valence-electron chi connectivity index (χ1n) is 11.0. The van der Waals surface area contributed by atoms with Gasteiger partial charge < -0.3 is 15.0 Å². The first-order valence-corrected chi connectivity index (χ1v) is 11.0. The monoisotopic (exact) mass is 408 g/mol. The summed E-state index contributed by atoms with van der Waals surface area (Å²) in [5, 5.41) is 2.77. The van der Waals surface area contributed by atoms with Gasteiger partial charge in [0.05, 0.1) is 0 Å². The Morgan fingerprint density at radius 1 is 0.900 bits per heavy atom. The van der Waals surface area contributed by atoms with Crippen molar-refractivity contribution >= 4 is 12.0 Å². The van der Waals surface area contributed by atoms with Crippen molar-refractivity contribution in [2.75, 3.05) is 19.6 Å². The van der Waals surface area contributed by atoms with Crippen LogP contribution >= 0.6 is 0 Å². The Balaban J connectivity index is 1.21. The normalized spacial score (nSPS) is 14.3. The van der Waals surface area contributed by atoms with Gasteiger partial charge in [-0.25, -0.2) is 4.79 Å². The van der Waals surface area contributed by atoms with E-state index in [4.69, 9.17) is 4.74 Å². The molecule has 0 aromatic heterocycles. The summed E-state index contributed by atoms with van der Waals surface area (Å²) in [7, 11) is 0. The van der Waals surface area contributed by atoms with Crippen LogP contribution < -0.4 is 5.32 Å². The third-order valence-electron chi connectivity index (χ3n) is 5.67. The highest BCUT2D eigenvalue weighted by atomic mass is 16.5. The van der Waals surface area contributed by atoms with Crippen molar-refractivity contribution in [3.8, 4) is 0 Å². The molecule has 160 valence electrons. The number of ether oxygens (including phenoxy) is 1. The zero-order valence-electron chi connectivity index (χ0n) is 17.6. The van der Waals surface area contributed by atoms with Crippen molar-refractivity contribution in [2.24, 2.45) is 0 Å². The van der Waals surface area contributed by atoms with Crippen LogP contribution in [0.3, 0.4) is 0 Å². The molecule has 1 heterocycles. The summed E-state index contributed by atoms with van der Waals surface area (Å²) in [4.78, 5) is 26.1. The lowest BCUT2D eigenvalue weighted by Gasteiger charge is -2.32. The minimum absolute atomic E-state index is 0.261. The Kier molecular flexibility index (Phi) is 8.76. The van der Waals surface area contributed by atoms with Gasteiger partial charge in [0.1, 0.15) is 6.61 Å². The summed E-state index contributed by atoms with van der Waals surface area (Å²) in [6, 6.07) is 20.2. The Bertz CT molecular complexity index is 771. The zero-order valence-corrected chi connectivity index (χ0v) is 17.6. The molecule has 0 spiro atoms. The SMILES string of the molecule is O=C(NCCCCCC(=O)N1CCC(c2ccccc2)CC1)OCc1ccccc1. The molecular weight excluding hydrogens is 376 g/mol. The van der Waals surface area contributed by atoms with Crippen LogP contribution in [0.5, 0.6) is 0 Å². The number of hydrogen-bond donors (Lipinski definition) is 1.